The zero-order valence-electron chi connectivity index (χ0n) is 9.53. The molecule has 0 aliphatic rings. The van der Waals surface area contributed by atoms with Gasteiger partial charge in [0.2, 0.25) is 0 Å². The van der Waals surface area contributed by atoms with Crippen molar-refractivity contribution in [2.75, 3.05) is 6.61 Å². The molecule has 1 N–H and O–H groups in total. The summed E-state index contributed by atoms with van der Waals surface area (Å²) in [6, 6.07) is 5.41. The Morgan fingerprint density at radius 3 is 3.00 bits per heavy atom. The van der Waals surface area contributed by atoms with E-state index in [1.165, 1.54) is 0 Å². The molecule has 0 saturated carbocycles. The number of aromatic nitrogens is 1. The molecule has 2 aromatic rings. The van der Waals surface area contributed by atoms with Gasteiger partial charge in [-0.3, -0.25) is 9.59 Å². The highest BCUT2D eigenvalue weighted by Gasteiger charge is 2.11. The van der Waals surface area contributed by atoms with E-state index < -0.39 is 0 Å². The number of nitrogens with one attached hydrogen (secondary N) is 1. The number of rotatable bonds is 4. The van der Waals surface area contributed by atoms with E-state index in [-0.39, 0.29) is 12.4 Å². The number of carbonyl (C=O) groups excluding carboxylic acids is 2. The number of ether oxygens (including phenoxy) is 1. The molecule has 0 atom stereocenters. The van der Waals surface area contributed by atoms with Gasteiger partial charge in [-0.15, -0.1) is 0 Å². The fourth-order valence-corrected chi connectivity index (χ4v) is 1.89. The lowest BCUT2D eigenvalue weighted by Crippen LogP contribution is -2.07. The number of hydrogen-bond donors (Lipinski definition) is 1. The van der Waals surface area contributed by atoms with Crippen LogP contribution in [0.1, 0.15) is 22.8 Å². The topological polar surface area (TPSA) is 59.2 Å². The minimum absolute atomic E-state index is 0.179. The Balaban J connectivity index is 2.41. The Hall–Kier alpha value is -2.10. The zero-order valence-corrected chi connectivity index (χ0v) is 9.53. The van der Waals surface area contributed by atoms with E-state index in [1.54, 1.807) is 25.3 Å². The Bertz CT molecular complexity index is 557. The standard InChI is InChI=1S/C13H13NO3/c1-2-17-12(16)6-10-7-14-11-5-3-4-9(8-15)13(10)11/h3-5,7-8,14H,2,6H2,1H3. The van der Waals surface area contributed by atoms with Gasteiger partial charge in [-0.25, -0.2) is 0 Å². The van der Waals surface area contributed by atoms with Crippen molar-refractivity contribution in [2.24, 2.45) is 0 Å². The van der Waals surface area contributed by atoms with Crippen molar-refractivity contribution in [3.63, 3.8) is 0 Å². The lowest BCUT2D eigenvalue weighted by Gasteiger charge is -2.01. The second kappa shape index (κ2) is 4.82. The van der Waals surface area contributed by atoms with Crippen LogP contribution >= 0.6 is 0 Å². The second-order valence-corrected chi connectivity index (χ2v) is 3.68. The first kappa shape index (κ1) is 11.4. The minimum Gasteiger partial charge on any atom is -0.466 e. The fraction of sp³-hybridized carbons (Fsp3) is 0.231. The number of aldehydes is 1. The van der Waals surface area contributed by atoms with Crippen LogP contribution in [0.4, 0.5) is 0 Å². The van der Waals surface area contributed by atoms with E-state index in [2.05, 4.69) is 4.98 Å². The molecule has 0 aliphatic carbocycles. The first-order valence-corrected chi connectivity index (χ1v) is 5.46. The monoisotopic (exact) mass is 231 g/mol. The Morgan fingerprint density at radius 2 is 2.29 bits per heavy atom. The summed E-state index contributed by atoms with van der Waals surface area (Å²) in [4.78, 5) is 25.4. The van der Waals surface area contributed by atoms with Gasteiger partial charge in [0.15, 0.2) is 6.29 Å². The molecule has 4 heteroatoms. The lowest BCUT2D eigenvalue weighted by molar-refractivity contribution is -0.142. The summed E-state index contributed by atoms with van der Waals surface area (Å²) in [6.45, 7) is 2.13. The van der Waals surface area contributed by atoms with Crippen molar-refractivity contribution in [1.82, 2.24) is 4.98 Å². The van der Waals surface area contributed by atoms with Crippen LogP contribution in [0.25, 0.3) is 10.9 Å². The fourth-order valence-electron chi connectivity index (χ4n) is 1.89. The van der Waals surface area contributed by atoms with Crippen LogP contribution in [-0.2, 0) is 16.0 Å². The molecule has 0 amide bonds. The molecule has 0 bridgehead atoms. The molecular formula is C13H13NO3. The molecule has 17 heavy (non-hydrogen) atoms. The number of benzene rings is 1. The zero-order chi connectivity index (χ0) is 12.3. The van der Waals surface area contributed by atoms with Crippen LogP contribution in [-0.4, -0.2) is 23.8 Å². The Kier molecular flexibility index (Phi) is 3.23. The molecule has 1 aromatic heterocycles. The second-order valence-electron chi connectivity index (χ2n) is 3.68. The molecule has 0 saturated heterocycles. The highest BCUT2D eigenvalue weighted by atomic mass is 16.5. The lowest BCUT2D eigenvalue weighted by atomic mass is 10.1. The molecule has 0 fully saturated rings. The highest BCUT2D eigenvalue weighted by Crippen LogP contribution is 2.22. The molecular weight excluding hydrogens is 218 g/mol. The van der Waals surface area contributed by atoms with Gasteiger partial charge in [0.25, 0.3) is 0 Å². The average molecular weight is 231 g/mol. The summed E-state index contributed by atoms with van der Waals surface area (Å²) in [5, 5.41) is 0.801. The van der Waals surface area contributed by atoms with Crippen LogP contribution in [0, 0.1) is 0 Å². The normalized spacial score (nSPS) is 10.4. The van der Waals surface area contributed by atoms with Crippen molar-refractivity contribution >= 4 is 23.2 Å². The van der Waals surface area contributed by atoms with Crippen molar-refractivity contribution in [2.45, 2.75) is 13.3 Å². The van der Waals surface area contributed by atoms with Crippen molar-refractivity contribution < 1.29 is 14.3 Å². The van der Waals surface area contributed by atoms with Crippen molar-refractivity contribution in [3.8, 4) is 0 Å². The van der Waals surface area contributed by atoms with E-state index >= 15 is 0 Å². The molecule has 0 radical (unpaired) electrons. The number of esters is 1. The van der Waals surface area contributed by atoms with Crippen LogP contribution in [0.5, 0.6) is 0 Å². The van der Waals surface area contributed by atoms with Gasteiger partial charge in [0.05, 0.1) is 13.0 Å². The van der Waals surface area contributed by atoms with E-state index in [4.69, 9.17) is 4.74 Å². The van der Waals surface area contributed by atoms with Crippen LogP contribution in [0.15, 0.2) is 24.4 Å². The number of carbonyl (C=O) groups is 2. The molecule has 1 aromatic carbocycles. The van der Waals surface area contributed by atoms with E-state index in [9.17, 15) is 9.59 Å². The summed E-state index contributed by atoms with van der Waals surface area (Å²) < 4.78 is 4.90. The third-order valence-electron chi connectivity index (χ3n) is 2.59. The minimum atomic E-state index is -0.283. The van der Waals surface area contributed by atoms with E-state index in [0.29, 0.717) is 12.2 Å². The summed E-state index contributed by atoms with van der Waals surface area (Å²) in [5.74, 6) is -0.283. The van der Waals surface area contributed by atoms with E-state index in [0.717, 1.165) is 22.8 Å². The number of H-pyrrole nitrogens is 1. The van der Waals surface area contributed by atoms with Gasteiger partial charge in [0.1, 0.15) is 0 Å². The molecule has 88 valence electrons. The quantitative estimate of drug-likeness (QED) is 0.647. The summed E-state index contributed by atoms with van der Waals surface area (Å²) >= 11 is 0. The molecule has 0 aliphatic heterocycles. The first-order chi connectivity index (χ1) is 8.26. The molecule has 1 heterocycles. The number of fused-ring (bicyclic) bond motifs is 1. The van der Waals surface area contributed by atoms with Crippen LogP contribution in [0.3, 0.4) is 0 Å². The molecule has 0 unspecified atom stereocenters. The summed E-state index contributed by atoms with van der Waals surface area (Å²) in [6.07, 6.45) is 2.72. The van der Waals surface area contributed by atoms with Crippen molar-refractivity contribution in [1.29, 1.82) is 0 Å². The van der Waals surface area contributed by atoms with Crippen molar-refractivity contribution in [3.05, 3.63) is 35.5 Å². The maximum Gasteiger partial charge on any atom is 0.310 e. The van der Waals surface area contributed by atoms with Gasteiger partial charge in [0, 0.05) is 22.7 Å². The summed E-state index contributed by atoms with van der Waals surface area (Å²) in [7, 11) is 0. The first-order valence-electron chi connectivity index (χ1n) is 5.46. The van der Waals surface area contributed by atoms with Gasteiger partial charge in [-0.2, -0.15) is 0 Å². The van der Waals surface area contributed by atoms with E-state index in [1.807, 2.05) is 6.07 Å². The number of aromatic amines is 1. The van der Waals surface area contributed by atoms with Gasteiger partial charge >= 0.3 is 5.97 Å². The number of hydrogen-bond acceptors (Lipinski definition) is 3. The molecule has 0 spiro atoms. The predicted octanol–water partition coefficient (Wildman–Crippen LogP) is 2.09. The maximum atomic E-state index is 11.4. The maximum absolute atomic E-state index is 11.4. The SMILES string of the molecule is CCOC(=O)Cc1c[nH]c2cccc(C=O)c12. The molecule has 2 rings (SSSR count). The largest absolute Gasteiger partial charge is 0.466 e. The van der Waals surface area contributed by atoms with Crippen LogP contribution in [0.2, 0.25) is 0 Å². The highest BCUT2D eigenvalue weighted by molar-refractivity contribution is 6.00. The van der Waals surface area contributed by atoms with Gasteiger partial charge in [-0.05, 0) is 18.6 Å². The Morgan fingerprint density at radius 1 is 1.47 bits per heavy atom. The van der Waals surface area contributed by atoms with Gasteiger partial charge < -0.3 is 9.72 Å². The van der Waals surface area contributed by atoms with Gasteiger partial charge in [-0.1, -0.05) is 12.1 Å². The molecule has 4 nitrogen and oxygen atoms in total. The summed E-state index contributed by atoms with van der Waals surface area (Å²) in [5.41, 5.74) is 2.23. The smallest absolute Gasteiger partial charge is 0.310 e. The van der Waals surface area contributed by atoms with Crippen LogP contribution < -0.4 is 0 Å². The Labute approximate surface area is 98.6 Å². The third kappa shape index (κ3) is 2.20. The predicted molar refractivity (Wildman–Crippen MR) is 64.0 cm³/mol. The third-order valence-corrected chi connectivity index (χ3v) is 2.59. The average Bonchev–Trinajstić information content (AvgIpc) is 2.73.